The van der Waals surface area contributed by atoms with Gasteiger partial charge >= 0.3 is 5.97 Å². The Morgan fingerprint density at radius 2 is 2.03 bits per heavy atom. The molecule has 2 aromatic rings. The summed E-state index contributed by atoms with van der Waals surface area (Å²) in [5.41, 5.74) is 2.10. The van der Waals surface area contributed by atoms with Gasteiger partial charge in [-0.25, -0.2) is 9.18 Å². The van der Waals surface area contributed by atoms with Crippen molar-refractivity contribution in [3.05, 3.63) is 76.7 Å². The van der Waals surface area contributed by atoms with Crippen molar-refractivity contribution in [3.63, 3.8) is 0 Å². The summed E-state index contributed by atoms with van der Waals surface area (Å²) in [5, 5.41) is 3.38. The van der Waals surface area contributed by atoms with E-state index in [4.69, 9.17) is 8.85 Å². The molecule has 1 amide bonds. The molecule has 3 atom stereocenters. The third-order valence-electron chi connectivity index (χ3n) is 6.19. The van der Waals surface area contributed by atoms with Crippen LogP contribution in [0.5, 0.6) is 0 Å². The molecule has 0 radical (unpaired) electrons. The molecule has 32 heavy (non-hydrogen) atoms. The van der Waals surface area contributed by atoms with Crippen molar-refractivity contribution in [2.24, 2.45) is 5.41 Å². The Morgan fingerprint density at radius 3 is 2.75 bits per heavy atom. The molecule has 6 heteroatoms. The van der Waals surface area contributed by atoms with Crippen molar-refractivity contribution in [2.45, 2.75) is 52.6 Å². The fraction of sp³-hybridized carbons (Fsp3) is 0.385. The summed E-state index contributed by atoms with van der Waals surface area (Å²) in [6.07, 6.45) is 0.102. The first-order valence-electron chi connectivity index (χ1n) is 12.1. The van der Waals surface area contributed by atoms with Gasteiger partial charge in [-0.1, -0.05) is 38.1 Å². The van der Waals surface area contributed by atoms with Gasteiger partial charge in [0.2, 0.25) is 0 Å². The number of halogens is 1. The molecule has 2 aromatic carbocycles. The molecule has 5 nitrogen and oxygen atoms in total. The molecule has 0 bridgehead atoms. The predicted molar refractivity (Wildman–Crippen MR) is 122 cm³/mol. The molecule has 2 aliphatic heterocycles. The third-order valence-corrected chi connectivity index (χ3v) is 6.19. The van der Waals surface area contributed by atoms with Gasteiger partial charge in [0.1, 0.15) is 5.82 Å². The maximum absolute atomic E-state index is 14.2. The van der Waals surface area contributed by atoms with Crippen LogP contribution in [0.1, 0.15) is 59.1 Å². The minimum absolute atomic E-state index is 0.147. The Morgan fingerprint density at radius 1 is 1.28 bits per heavy atom. The van der Waals surface area contributed by atoms with E-state index >= 15 is 0 Å². The van der Waals surface area contributed by atoms with Crippen LogP contribution in [-0.2, 0) is 9.53 Å². The Labute approximate surface area is 192 Å². The van der Waals surface area contributed by atoms with Crippen molar-refractivity contribution >= 4 is 17.6 Å². The largest absolute Gasteiger partial charge is 0.460 e. The zero-order valence-electron chi connectivity index (χ0n) is 21.6. The molecule has 2 heterocycles. The number of ether oxygens (including phenoxy) is 1. The molecule has 0 fully saturated rings. The highest BCUT2D eigenvalue weighted by Crippen LogP contribution is 2.50. The normalized spacial score (nSPS) is 23.8. The number of hydrogen-bond donors (Lipinski definition) is 1. The van der Waals surface area contributed by atoms with Crippen molar-refractivity contribution in [2.75, 3.05) is 11.9 Å². The summed E-state index contributed by atoms with van der Waals surface area (Å²) in [7, 11) is 0. The number of benzene rings is 2. The Bertz CT molecular complexity index is 1210. The van der Waals surface area contributed by atoms with Crippen LogP contribution >= 0.6 is 0 Å². The van der Waals surface area contributed by atoms with E-state index in [0.717, 1.165) is 11.3 Å². The molecular formula is C26H29FN2O3. The van der Waals surface area contributed by atoms with Crippen LogP contribution in [0.4, 0.5) is 10.1 Å². The van der Waals surface area contributed by atoms with Gasteiger partial charge in [-0.15, -0.1) is 0 Å². The van der Waals surface area contributed by atoms with E-state index in [9.17, 15) is 14.0 Å². The van der Waals surface area contributed by atoms with Crippen molar-refractivity contribution in [3.8, 4) is 0 Å². The van der Waals surface area contributed by atoms with Crippen molar-refractivity contribution in [1.82, 2.24) is 4.90 Å². The van der Waals surface area contributed by atoms with Gasteiger partial charge in [0.05, 0.1) is 17.7 Å². The number of para-hydroxylation sites is 1. The monoisotopic (exact) mass is 439 g/mol. The van der Waals surface area contributed by atoms with Gasteiger partial charge in [-0.2, -0.15) is 0 Å². The highest BCUT2D eigenvalue weighted by molar-refractivity contribution is 5.97. The molecule has 0 aliphatic carbocycles. The van der Waals surface area contributed by atoms with Gasteiger partial charge in [0.25, 0.3) is 5.91 Å². The molecule has 0 aromatic heterocycles. The van der Waals surface area contributed by atoms with Gasteiger partial charge in [-0.3, -0.25) is 4.79 Å². The number of hydrogen-bond acceptors (Lipinski definition) is 4. The lowest BCUT2D eigenvalue weighted by atomic mass is 9.71. The van der Waals surface area contributed by atoms with Gasteiger partial charge in [-0.05, 0) is 55.4 Å². The van der Waals surface area contributed by atoms with E-state index in [1.54, 1.807) is 13.0 Å². The summed E-state index contributed by atoms with van der Waals surface area (Å²) in [6, 6.07) is 11.5. The molecule has 3 unspecified atom stereocenters. The predicted octanol–water partition coefficient (Wildman–Crippen LogP) is 5.03. The lowest BCUT2D eigenvalue weighted by Crippen LogP contribution is -2.39. The third kappa shape index (κ3) is 3.90. The number of nitrogens with one attached hydrogen (secondary N) is 1. The van der Waals surface area contributed by atoms with Crippen LogP contribution in [-0.4, -0.2) is 35.5 Å². The smallest absolute Gasteiger partial charge is 0.337 e. The molecule has 2 aliphatic rings. The number of carbonyl (C=O) groups is 2. The number of fused-ring (bicyclic) bond motifs is 3. The van der Waals surface area contributed by atoms with Crippen LogP contribution < -0.4 is 5.32 Å². The van der Waals surface area contributed by atoms with Gasteiger partial charge in [0.15, 0.2) is 0 Å². The highest BCUT2D eigenvalue weighted by Gasteiger charge is 2.48. The first-order valence-corrected chi connectivity index (χ1v) is 10.6. The number of carbonyl (C=O) groups excluding carboxylic acids is 2. The number of aryl methyl sites for hydroxylation is 1. The first kappa shape index (κ1) is 18.4. The molecule has 1 N–H and O–H groups in total. The standard InChI is InChI=1S/C26H29FN2O3/c1-15(2)32-25(31)19-13-29(24(30)17-11-10-16(3)20(27)12-17)14-26(4,5)22-18-8-6-7-9-21(18)28-23(19)22/h6-13,15,22-23,28H,14H2,1-5H3/i1D3. The number of anilines is 1. The Kier molecular flexibility index (Phi) is 4.65. The second-order valence-electron chi connectivity index (χ2n) is 9.20. The van der Waals surface area contributed by atoms with Gasteiger partial charge < -0.3 is 15.0 Å². The van der Waals surface area contributed by atoms with E-state index in [-0.39, 0.29) is 23.6 Å². The molecule has 168 valence electrons. The van der Waals surface area contributed by atoms with Crippen LogP contribution in [0, 0.1) is 18.2 Å². The topological polar surface area (TPSA) is 58.6 Å². The second-order valence-corrected chi connectivity index (χ2v) is 9.20. The Balaban J connectivity index is 1.79. The minimum Gasteiger partial charge on any atom is -0.460 e. The number of amides is 1. The van der Waals surface area contributed by atoms with E-state index in [2.05, 4.69) is 5.32 Å². The second kappa shape index (κ2) is 8.08. The van der Waals surface area contributed by atoms with E-state index in [0.29, 0.717) is 5.56 Å². The average molecular weight is 440 g/mol. The molecule has 4 rings (SSSR count). The fourth-order valence-corrected chi connectivity index (χ4v) is 4.72. The zero-order valence-corrected chi connectivity index (χ0v) is 18.6. The summed E-state index contributed by atoms with van der Waals surface area (Å²) >= 11 is 0. The maximum atomic E-state index is 14.2. The van der Waals surface area contributed by atoms with Gasteiger partial charge in [0, 0.05) is 34.0 Å². The lowest BCUT2D eigenvalue weighted by molar-refractivity contribution is -0.143. The van der Waals surface area contributed by atoms with E-state index < -0.39 is 42.1 Å². The molecule has 0 saturated carbocycles. The van der Waals surface area contributed by atoms with Crippen molar-refractivity contribution < 1.29 is 22.8 Å². The van der Waals surface area contributed by atoms with E-state index in [1.807, 2.05) is 38.1 Å². The number of rotatable bonds is 3. The summed E-state index contributed by atoms with van der Waals surface area (Å²) < 4.78 is 42.3. The fourth-order valence-electron chi connectivity index (χ4n) is 4.72. The maximum Gasteiger partial charge on any atom is 0.337 e. The summed E-state index contributed by atoms with van der Waals surface area (Å²) in [6.45, 7) is 4.72. The van der Waals surface area contributed by atoms with Crippen LogP contribution in [0.15, 0.2) is 54.2 Å². The first-order chi connectivity index (χ1) is 16.3. The van der Waals surface area contributed by atoms with E-state index in [1.165, 1.54) is 30.2 Å². The molecular weight excluding hydrogens is 407 g/mol. The van der Waals surface area contributed by atoms with Crippen molar-refractivity contribution in [1.29, 1.82) is 0 Å². The van der Waals surface area contributed by atoms with Crippen LogP contribution in [0.2, 0.25) is 0 Å². The molecule has 0 saturated heterocycles. The van der Waals surface area contributed by atoms with Crippen LogP contribution in [0.25, 0.3) is 0 Å². The highest BCUT2D eigenvalue weighted by atomic mass is 19.1. The quantitative estimate of drug-likeness (QED) is 0.682. The lowest BCUT2D eigenvalue weighted by Gasteiger charge is -2.36. The van der Waals surface area contributed by atoms with Crippen LogP contribution in [0.3, 0.4) is 0 Å². The minimum atomic E-state index is -2.49. The average Bonchev–Trinajstić information content (AvgIpc) is 3.12. The SMILES string of the molecule is [2H]C([2H])([2H])C(C)OC(=O)C1=CN(C(=O)c2ccc(C)c(F)c2)CC(C)(C)C2c3ccccc3NC12. The summed E-state index contributed by atoms with van der Waals surface area (Å²) in [5.74, 6) is -1.96. The Hall–Kier alpha value is -3.15. The summed E-state index contributed by atoms with van der Waals surface area (Å²) in [4.78, 5) is 28.2. The zero-order chi connectivity index (χ0) is 25.7. The number of nitrogens with zero attached hydrogens (tertiary/aromatic N) is 1. The molecule has 0 spiro atoms. The number of esters is 1.